The van der Waals surface area contributed by atoms with E-state index in [4.69, 9.17) is 37.7 Å². The van der Waals surface area contributed by atoms with E-state index in [2.05, 4.69) is 0 Å². The maximum atomic E-state index is 7.08. The maximum Gasteiger partial charge on any atom is 0.482 e. The first kappa shape index (κ1) is 27.4. The normalized spacial score (nSPS) is 42.4. The van der Waals surface area contributed by atoms with Crippen molar-refractivity contribution in [3.63, 3.8) is 0 Å². The highest BCUT2D eigenvalue weighted by Gasteiger charge is 2.67. The minimum atomic E-state index is -3.49. The lowest BCUT2D eigenvalue weighted by Crippen LogP contribution is -2.78. The fourth-order valence-electron chi connectivity index (χ4n) is 4.52. The molecular formula is C20H34O9Si6. The summed E-state index contributed by atoms with van der Waals surface area (Å²) in [6.07, 6.45) is 0. The Morgan fingerprint density at radius 3 is 1.17 bits per heavy atom. The van der Waals surface area contributed by atoms with E-state index >= 15 is 0 Å². The van der Waals surface area contributed by atoms with Gasteiger partial charge in [0, 0.05) is 40.4 Å². The Balaban J connectivity index is 1.89. The van der Waals surface area contributed by atoms with Gasteiger partial charge in [-0.1, -0.05) is 60.7 Å². The molecule has 0 aromatic heterocycles. The summed E-state index contributed by atoms with van der Waals surface area (Å²) in [5.74, 6) is 0. The predicted molar refractivity (Wildman–Crippen MR) is 143 cm³/mol. The van der Waals surface area contributed by atoms with Crippen LogP contribution in [-0.2, 0) is 37.7 Å². The van der Waals surface area contributed by atoms with Crippen LogP contribution in [0.2, 0.25) is 39.3 Å². The standard InChI is InChI=1S/C20H34O9Si6/c1-21-32(5)26-33(6,22-2)28-35(8)25-31(4,20-17-13-10-14-18-20)23-30(3,19-15-11-9-12-16-19)24-34(7,27-32)29-35/h9-18H,1-8H3. The van der Waals surface area contributed by atoms with E-state index in [0.717, 1.165) is 10.4 Å². The van der Waals surface area contributed by atoms with E-state index in [1.165, 1.54) is 0 Å². The van der Waals surface area contributed by atoms with E-state index in [9.17, 15) is 0 Å². The molecular weight excluding hydrogens is 553 g/mol. The van der Waals surface area contributed by atoms with Crippen LogP contribution in [0, 0.1) is 0 Å². The van der Waals surface area contributed by atoms with Crippen molar-refractivity contribution in [3.05, 3.63) is 60.7 Å². The van der Waals surface area contributed by atoms with Gasteiger partial charge in [-0.3, -0.25) is 0 Å². The van der Waals surface area contributed by atoms with Gasteiger partial charge in [-0.2, -0.15) is 0 Å². The summed E-state index contributed by atoms with van der Waals surface area (Å²) in [6, 6.07) is 19.9. The van der Waals surface area contributed by atoms with Crippen molar-refractivity contribution in [2.24, 2.45) is 0 Å². The van der Waals surface area contributed by atoms with E-state index in [1.54, 1.807) is 27.3 Å². The van der Waals surface area contributed by atoms with Crippen molar-refractivity contribution in [2.75, 3.05) is 14.2 Å². The van der Waals surface area contributed by atoms with Gasteiger partial charge in [-0.25, -0.2) is 0 Å². The second-order valence-electron chi connectivity index (χ2n) is 9.20. The molecule has 2 saturated heterocycles. The van der Waals surface area contributed by atoms with Gasteiger partial charge in [-0.15, -0.1) is 0 Å². The lowest BCUT2D eigenvalue weighted by atomic mass is 10.4. The van der Waals surface area contributed by atoms with Crippen LogP contribution >= 0.6 is 0 Å². The second-order valence-corrected chi connectivity index (χ2v) is 27.6. The molecule has 2 aromatic carbocycles. The van der Waals surface area contributed by atoms with Crippen LogP contribution in [0.5, 0.6) is 0 Å². The number of hydrogen-bond donors (Lipinski definition) is 0. The quantitative estimate of drug-likeness (QED) is 0.502. The molecule has 0 spiro atoms. The monoisotopic (exact) mass is 586 g/mol. The zero-order chi connectivity index (χ0) is 25.6. The van der Waals surface area contributed by atoms with Crippen molar-refractivity contribution in [3.8, 4) is 0 Å². The zero-order valence-corrected chi connectivity index (χ0v) is 27.4. The fraction of sp³-hybridized carbons (Fsp3) is 0.400. The molecule has 2 aliphatic rings. The van der Waals surface area contributed by atoms with Gasteiger partial charge in [0.25, 0.3) is 0 Å². The maximum absolute atomic E-state index is 7.08. The summed E-state index contributed by atoms with van der Waals surface area (Å²) >= 11 is 0. The van der Waals surface area contributed by atoms with Gasteiger partial charge in [-0.05, 0) is 23.5 Å². The molecule has 15 heteroatoms. The third kappa shape index (κ3) is 5.79. The Labute approximate surface area is 214 Å². The van der Waals surface area contributed by atoms with Gasteiger partial charge in [0.2, 0.25) is 0 Å². The third-order valence-electron chi connectivity index (χ3n) is 5.97. The summed E-state index contributed by atoms with van der Waals surface area (Å²) < 4.78 is 58.7. The average molecular weight is 587 g/mol. The number of rotatable bonds is 4. The van der Waals surface area contributed by atoms with Crippen molar-refractivity contribution in [2.45, 2.75) is 39.3 Å². The fourth-order valence-corrected chi connectivity index (χ4v) is 34.2. The van der Waals surface area contributed by atoms with Crippen molar-refractivity contribution in [1.29, 1.82) is 0 Å². The van der Waals surface area contributed by atoms with Gasteiger partial charge in [0.05, 0.1) is 0 Å². The number of fused-ring (bicyclic) bond motifs is 2. The summed E-state index contributed by atoms with van der Waals surface area (Å²) in [5, 5.41) is 1.90. The van der Waals surface area contributed by atoms with E-state index in [-0.39, 0.29) is 0 Å². The molecule has 6 atom stereocenters. The topological polar surface area (TPSA) is 83.1 Å². The van der Waals surface area contributed by atoms with Crippen LogP contribution in [0.3, 0.4) is 0 Å². The minimum absolute atomic E-state index is 0.949. The predicted octanol–water partition coefficient (Wildman–Crippen LogP) is 2.66. The number of hydrogen-bond acceptors (Lipinski definition) is 9. The molecule has 4 rings (SSSR count). The first-order chi connectivity index (χ1) is 16.3. The Kier molecular flexibility index (Phi) is 7.52. The molecule has 9 nitrogen and oxygen atoms in total. The summed E-state index contributed by atoms with van der Waals surface area (Å²) in [6.45, 7) is 11.3. The lowest BCUT2D eigenvalue weighted by Gasteiger charge is -2.52. The summed E-state index contributed by atoms with van der Waals surface area (Å²) in [7, 11) is -16.7. The van der Waals surface area contributed by atoms with Crippen LogP contribution in [0.25, 0.3) is 0 Å². The molecule has 0 amide bonds. The summed E-state index contributed by atoms with van der Waals surface area (Å²) in [4.78, 5) is 0. The first-order valence-electron chi connectivity index (χ1n) is 11.4. The molecule has 2 aliphatic heterocycles. The van der Waals surface area contributed by atoms with E-state index in [0.29, 0.717) is 0 Å². The highest BCUT2D eigenvalue weighted by molar-refractivity contribution is 7.01. The SMILES string of the molecule is CO[Si]1(C)O[Si](C)(OC)O[Si]2(C)O[Si](C)(O1)O[Si](C)(c1ccccc1)O[Si](C)(c1ccccc1)O2. The van der Waals surface area contributed by atoms with Gasteiger partial charge in [0.15, 0.2) is 0 Å². The lowest BCUT2D eigenvalue weighted by molar-refractivity contribution is 0.0553. The third-order valence-corrected chi connectivity index (χ3v) is 31.3. The van der Waals surface area contributed by atoms with Crippen molar-refractivity contribution >= 4 is 62.7 Å². The number of benzene rings is 2. The molecule has 0 N–H and O–H groups in total. The molecule has 0 saturated carbocycles. The van der Waals surface area contributed by atoms with Gasteiger partial charge in [0.1, 0.15) is 0 Å². The van der Waals surface area contributed by atoms with Crippen LogP contribution in [-0.4, -0.2) is 66.6 Å². The van der Waals surface area contributed by atoms with Crippen LogP contribution in [0.15, 0.2) is 60.7 Å². The highest BCUT2D eigenvalue weighted by Crippen LogP contribution is 2.38. The molecule has 2 aromatic rings. The Morgan fingerprint density at radius 1 is 0.457 bits per heavy atom. The summed E-state index contributed by atoms with van der Waals surface area (Å²) in [5.41, 5.74) is 0. The highest BCUT2D eigenvalue weighted by atomic mass is 28.6. The zero-order valence-electron chi connectivity index (χ0n) is 21.4. The Hall–Kier alpha value is -0.619. The average Bonchev–Trinajstić information content (AvgIpc) is 2.77. The van der Waals surface area contributed by atoms with E-state index < -0.39 is 52.3 Å². The van der Waals surface area contributed by atoms with Crippen LogP contribution < -0.4 is 10.4 Å². The molecule has 2 fully saturated rings. The van der Waals surface area contributed by atoms with Gasteiger partial charge >= 0.3 is 52.3 Å². The first-order valence-corrected chi connectivity index (χ1v) is 24.9. The molecule has 0 radical (unpaired) electrons. The molecule has 6 unspecified atom stereocenters. The molecule has 2 bridgehead atoms. The van der Waals surface area contributed by atoms with Crippen molar-refractivity contribution in [1.82, 2.24) is 0 Å². The molecule has 35 heavy (non-hydrogen) atoms. The van der Waals surface area contributed by atoms with E-state index in [1.807, 2.05) is 86.9 Å². The molecule has 0 aliphatic carbocycles. The Bertz CT molecular complexity index is 963. The second kappa shape index (κ2) is 9.60. The van der Waals surface area contributed by atoms with Crippen LogP contribution in [0.4, 0.5) is 0 Å². The molecule has 2 heterocycles. The largest absolute Gasteiger partial charge is 0.482 e. The van der Waals surface area contributed by atoms with Crippen LogP contribution in [0.1, 0.15) is 0 Å². The van der Waals surface area contributed by atoms with Crippen molar-refractivity contribution < 1.29 is 37.7 Å². The Morgan fingerprint density at radius 2 is 0.829 bits per heavy atom. The smallest absolute Gasteiger partial charge is 0.409 e. The van der Waals surface area contributed by atoms with Gasteiger partial charge < -0.3 is 37.7 Å². The minimum Gasteiger partial charge on any atom is -0.409 e. The molecule has 192 valence electrons.